The number of likely N-dealkylation sites (N-methyl/N-ethyl adjacent to an activating group) is 1. The number of carbonyl (C=O) groups excluding carboxylic acids is 2. The molecule has 1 aromatic rings. The Balaban J connectivity index is 0.00000312. The Kier molecular flexibility index (Phi) is 12.3. The molecule has 1 aliphatic heterocycles. The van der Waals surface area contributed by atoms with Crippen LogP contribution in [0.2, 0.25) is 0 Å². The first-order valence-corrected chi connectivity index (χ1v) is 8.56. The predicted octanol–water partition coefficient (Wildman–Crippen LogP) is 1.44. The van der Waals surface area contributed by atoms with Crippen molar-refractivity contribution in [3.63, 3.8) is 0 Å². The van der Waals surface area contributed by atoms with Gasteiger partial charge in [-0.15, -0.1) is 24.8 Å². The summed E-state index contributed by atoms with van der Waals surface area (Å²) in [6, 6.07) is 7.39. The van der Waals surface area contributed by atoms with Gasteiger partial charge >= 0.3 is 0 Å². The third-order valence-electron chi connectivity index (χ3n) is 4.24. The van der Waals surface area contributed by atoms with E-state index in [0.29, 0.717) is 18.7 Å². The van der Waals surface area contributed by atoms with Gasteiger partial charge in [0.15, 0.2) is 0 Å². The molecule has 8 heteroatoms. The summed E-state index contributed by atoms with van der Waals surface area (Å²) in [5.41, 5.74) is 1.64. The van der Waals surface area contributed by atoms with Crippen LogP contribution in [-0.4, -0.2) is 57.0 Å². The average Bonchev–Trinajstić information content (AvgIpc) is 2.60. The van der Waals surface area contributed by atoms with Gasteiger partial charge in [-0.05, 0) is 57.7 Å². The molecule has 0 radical (unpaired) electrons. The van der Waals surface area contributed by atoms with Crippen molar-refractivity contribution in [2.24, 2.45) is 5.92 Å². The van der Waals surface area contributed by atoms with E-state index in [0.717, 1.165) is 38.0 Å². The van der Waals surface area contributed by atoms with E-state index in [1.807, 2.05) is 31.1 Å². The average molecular weight is 405 g/mol. The molecule has 0 aromatic heterocycles. The van der Waals surface area contributed by atoms with Crippen molar-refractivity contribution in [3.05, 3.63) is 35.4 Å². The summed E-state index contributed by atoms with van der Waals surface area (Å²) in [5.74, 6) is 0.178. The maximum Gasteiger partial charge on any atom is 0.251 e. The van der Waals surface area contributed by atoms with Gasteiger partial charge in [0.05, 0.1) is 0 Å². The van der Waals surface area contributed by atoms with Crippen LogP contribution in [0.5, 0.6) is 0 Å². The Bertz CT molecular complexity index is 547. The predicted molar refractivity (Wildman–Crippen MR) is 109 cm³/mol. The van der Waals surface area contributed by atoms with Crippen LogP contribution in [0.1, 0.15) is 28.8 Å². The van der Waals surface area contributed by atoms with Crippen molar-refractivity contribution in [3.8, 4) is 0 Å². The number of nitrogens with zero attached hydrogens (tertiary/aromatic N) is 1. The number of carbonyl (C=O) groups is 2. The quantitative estimate of drug-likeness (QED) is 0.642. The molecular formula is C18H30Cl2N4O2. The second-order valence-electron chi connectivity index (χ2n) is 6.50. The molecule has 1 heterocycles. The molecule has 1 saturated heterocycles. The van der Waals surface area contributed by atoms with E-state index >= 15 is 0 Å². The number of rotatable bonds is 7. The molecule has 1 fully saturated rings. The molecule has 0 bridgehead atoms. The van der Waals surface area contributed by atoms with Crippen molar-refractivity contribution in [1.29, 1.82) is 0 Å². The molecule has 0 spiro atoms. The van der Waals surface area contributed by atoms with Gasteiger partial charge in [0.25, 0.3) is 5.91 Å². The zero-order valence-corrected chi connectivity index (χ0v) is 17.0. The monoisotopic (exact) mass is 404 g/mol. The standard InChI is InChI=1S/C18H28N4O2.2ClH/c1-22(2)12-11-20-17(23)15-5-3-14(4-6-15)13-21-18(24)16-7-9-19-10-8-16;;/h3-6,16,19H,7-13H2,1-2H3,(H,20,23)(H,21,24);2*1H. The Morgan fingerprint density at radius 1 is 1.08 bits per heavy atom. The fraction of sp³-hybridized carbons (Fsp3) is 0.556. The summed E-state index contributed by atoms with van der Waals surface area (Å²) in [5, 5.41) is 9.14. The van der Waals surface area contributed by atoms with E-state index in [1.165, 1.54) is 0 Å². The molecule has 1 aliphatic rings. The van der Waals surface area contributed by atoms with Crippen molar-refractivity contribution in [1.82, 2.24) is 20.9 Å². The summed E-state index contributed by atoms with van der Waals surface area (Å²) in [6.07, 6.45) is 1.80. The van der Waals surface area contributed by atoms with Gasteiger partial charge < -0.3 is 20.9 Å². The molecule has 26 heavy (non-hydrogen) atoms. The molecular weight excluding hydrogens is 375 g/mol. The maximum absolute atomic E-state index is 12.1. The van der Waals surface area contributed by atoms with Gasteiger partial charge in [0.2, 0.25) is 5.91 Å². The molecule has 6 nitrogen and oxygen atoms in total. The zero-order valence-electron chi connectivity index (χ0n) is 15.4. The van der Waals surface area contributed by atoms with E-state index < -0.39 is 0 Å². The highest BCUT2D eigenvalue weighted by molar-refractivity contribution is 5.94. The number of amides is 2. The lowest BCUT2D eigenvalue weighted by atomic mass is 9.97. The molecule has 1 aromatic carbocycles. The van der Waals surface area contributed by atoms with Crippen molar-refractivity contribution < 1.29 is 9.59 Å². The van der Waals surface area contributed by atoms with Crippen LogP contribution in [0, 0.1) is 5.92 Å². The number of piperidine rings is 1. The maximum atomic E-state index is 12.1. The number of hydrogen-bond donors (Lipinski definition) is 3. The van der Waals surface area contributed by atoms with Crippen molar-refractivity contribution in [2.75, 3.05) is 40.3 Å². The third kappa shape index (κ3) is 8.36. The molecule has 3 N–H and O–H groups in total. The molecule has 2 rings (SSSR count). The van der Waals surface area contributed by atoms with E-state index in [2.05, 4.69) is 16.0 Å². The lowest BCUT2D eigenvalue weighted by Crippen LogP contribution is -2.37. The van der Waals surface area contributed by atoms with Crippen LogP contribution in [0.3, 0.4) is 0 Å². The van der Waals surface area contributed by atoms with E-state index in [4.69, 9.17) is 0 Å². The van der Waals surface area contributed by atoms with Crippen LogP contribution < -0.4 is 16.0 Å². The van der Waals surface area contributed by atoms with Crippen LogP contribution in [0.4, 0.5) is 0 Å². The fourth-order valence-electron chi connectivity index (χ4n) is 2.69. The lowest BCUT2D eigenvalue weighted by Gasteiger charge is -2.21. The summed E-state index contributed by atoms with van der Waals surface area (Å²) in [7, 11) is 3.94. The van der Waals surface area contributed by atoms with Crippen molar-refractivity contribution in [2.45, 2.75) is 19.4 Å². The van der Waals surface area contributed by atoms with E-state index in [1.54, 1.807) is 12.1 Å². The normalized spacial score (nSPS) is 14.1. The van der Waals surface area contributed by atoms with E-state index in [9.17, 15) is 9.59 Å². The number of benzene rings is 1. The third-order valence-corrected chi connectivity index (χ3v) is 4.24. The largest absolute Gasteiger partial charge is 0.352 e. The molecule has 0 aliphatic carbocycles. The van der Waals surface area contributed by atoms with Gasteiger partial charge in [0.1, 0.15) is 0 Å². The minimum absolute atomic E-state index is 0. The first kappa shape index (κ1) is 24.7. The first-order valence-electron chi connectivity index (χ1n) is 8.56. The molecule has 0 atom stereocenters. The number of nitrogens with one attached hydrogen (secondary N) is 3. The molecule has 0 saturated carbocycles. The van der Waals surface area contributed by atoms with E-state index in [-0.39, 0.29) is 42.5 Å². The SMILES string of the molecule is CN(C)CCNC(=O)c1ccc(CNC(=O)C2CCNCC2)cc1.Cl.Cl. The first-order chi connectivity index (χ1) is 11.6. The van der Waals surface area contributed by atoms with Crippen LogP contribution >= 0.6 is 24.8 Å². The lowest BCUT2D eigenvalue weighted by molar-refractivity contribution is -0.125. The van der Waals surface area contributed by atoms with Gasteiger partial charge in [-0.25, -0.2) is 0 Å². The fourth-order valence-corrected chi connectivity index (χ4v) is 2.69. The van der Waals surface area contributed by atoms with Crippen molar-refractivity contribution >= 4 is 36.6 Å². The Hall–Kier alpha value is -1.34. The van der Waals surface area contributed by atoms with Gasteiger partial charge in [-0.3, -0.25) is 9.59 Å². The Morgan fingerprint density at radius 3 is 2.27 bits per heavy atom. The minimum Gasteiger partial charge on any atom is -0.352 e. The highest BCUT2D eigenvalue weighted by Crippen LogP contribution is 2.12. The van der Waals surface area contributed by atoms with Gasteiger partial charge in [-0.2, -0.15) is 0 Å². The summed E-state index contributed by atoms with van der Waals surface area (Å²) in [4.78, 5) is 26.1. The number of halogens is 2. The van der Waals surface area contributed by atoms with Gasteiger partial charge in [-0.1, -0.05) is 12.1 Å². The second kappa shape index (κ2) is 12.9. The summed E-state index contributed by atoms with van der Waals surface area (Å²) >= 11 is 0. The topological polar surface area (TPSA) is 73.5 Å². The summed E-state index contributed by atoms with van der Waals surface area (Å²) < 4.78 is 0. The van der Waals surface area contributed by atoms with Gasteiger partial charge in [0, 0.05) is 31.1 Å². The summed E-state index contributed by atoms with van der Waals surface area (Å²) in [6.45, 7) is 3.77. The second-order valence-corrected chi connectivity index (χ2v) is 6.50. The molecule has 2 amide bonds. The molecule has 148 valence electrons. The van der Waals surface area contributed by atoms with Crippen LogP contribution in [-0.2, 0) is 11.3 Å². The highest BCUT2D eigenvalue weighted by atomic mass is 35.5. The number of hydrogen-bond acceptors (Lipinski definition) is 4. The minimum atomic E-state index is -0.0675. The molecule has 0 unspecified atom stereocenters. The Morgan fingerprint density at radius 2 is 1.69 bits per heavy atom. The van der Waals surface area contributed by atoms with Crippen LogP contribution in [0.25, 0.3) is 0 Å². The highest BCUT2D eigenvalue weighted by Gasteiger charge is 2.20. The Labute approximate surface area is 168 Å². The van der Waals surface area contributed by atoms with Crippen LogP contribution in [0.15, 0.2) is 24.3 Å². The zero-order chi connectivity index (χ0) is 17.4. The smallest absolute Gasteiger partial charge is 0.251 e.